The van der Waals surface area contributed by atoms with Gasteiger partial charge in [0.2, 0.25) is 0 Å². The number of hydrogen-bond acceptors (Lipinski definition) is 3. The quantitative estimate of drug-likeness (QED) is 0.635. The van der Waals surface area contributed by atoms with Gasteiger partial charge in [0.15, 0.2) is 0 Å². The van der Waals surface area contributed by atoms with Crippen molar-refractivity contribution in [1.29, 1.82) is 0 Å². The molecule has 0 atom stereocenters. The van der Waals surface area contributed by atoms with Crippen molar-refractivity contribution in [3.63, 3.8) is 0 Å². The number of nitrogens with zero attached hydrogens (tertiary/aromatic N) is 2. The summed E-state index contributed by atoms with van der Waals surface area (Å²) in [6.07, 6.45) is 5.58. The molecule has 0 bridgehead atoms. The van der Waals surface area contributed by atoms with Crippen LogP contribution in [0.4, 0.5) is 21.9 Å². The number of amides is 3. The molecule has 158 valence electrons. The normalized spacial score (nSPS) is 16.4. The summed E-state index contributed by atoms with van der Waals surface area (Å²) in [6.45, 7) is 3.55. The third-order valence-corrected chi connectivity index (χ3v) is 6.15. The van der Waals surface area contributed by atoms with Gasteiger partial charge in [0, 0.05) is 47.7 Å². The van der Waals surface area contributed by atoms with Gasteiger partial charge in [-0.1, -0.05) is 22.0 Å². The van der Waals surface area contributed by atoms with E-state index in [1.165, 1.54) is 6.42 Å². The summed E-state index contributed by atoms with van der Waals surface area (Å²) >= 11 is 3.40. The summed E-state index contributed by atoms with van der Waals surface area (Å²) < 4.78 is 0.893. The van der Waals surface area contributed by atoms with E-state index < -0.39 is 0 Å². The molecule has 0 unspecified atom stereocenters. The summed E-state index contributed by atoms with van der Waals surface area (Å²) in [5.41, 5.74) is 2.96. The van der Waals surface area contributed by atoms with Crippen LogP contribution >= 0.6 is 15.9 Å². The zero-order chi connectivity index (χ0) is 20.9. The van der Waals surface area contributed by atoms with Crippen LogP contribution in [0.2, 0.25) is 0 Å². The predicted molar refractivity (Wildman–Crippen MR) is 124 cm³/mol. The van der Waals surface area contributed by atoms with Crippen LogP contribution in [-0.4, -0.2) is 43.0 Å². The van der Waals surface area contributed by atoms with Gasteiger partial charge in [0.25, 0.3) is 5.91 Å². The van der Waals surface area contributed by atoms with Gasteiger partial charge in [0.05, 0.1) is 5.56 Å². The molecule has 0 saturated carbocycles. The van der Waals surface area contributed by atoms with Crippen LogP contribution in [0.15, 0.2) is 46.9 Å². The average molecular weight is 471 g/mol. The predicted octanol–water partition coefficient (Wildman–Crippen LogP) is 5.32. The standard InChI is InChI=1S/C23H27BrN4O2/c24-17-7-6-8-18(15-17)25-23(30)26-19-9-10-21(27-11-4-5-12-27)20(16-19)22(29)28-13-2-1-3-14-28/h6-10,15-16H,1-5,11-14H2,(H2,25,26,30). The van der Waals surface area contributed by atoms with Crippen molar-refractivity contribution < 1.29 is 9.59 Å². The summed E-state index contributed by atoms with van der Waals surface area (Å²) in [5, 5.41) is 5.70. The third-order valence-electron chi connectivity index (χ3n) is 5.66. The fraction of sp³-hybridized carbons (Fsp3) is 0.391. The Morgan fingerprint density at radius 3 is 2.17 bits per heavy atom. The van der Waals surface area contributed by atoms with Crippen LogP contribution in [0, 0.1) is 0 Å². The number of nitrogens with one attached hydrogen (secondary N) is 2. The third kappa shape index (κ3) is 4.95. The lowest BCUT2D eigenvalue weighted by molar-refractivity contribution is 0.0725. The first-order valence-electron chi connectivity index (χ1n) is 10.6. The fourth-order valence-electron chi connectivity index (χ4n) is 4.15. The van der Waals surface area contributed by atoms with E-state index in [1.54, 1.807) is 0 Å². The molecule has 0 radical (unpaired) electrons. The maximum atomic E-state index is 13.3. The van der Waals surface area contributed by atoms with E-state index >= 15 is 0 Å². The van der Waals surface area contributed by atoms with Crippen LogP contribution in [0.5, 0.6) is 0 Å². The van der Waals surface area contributed by atoms with Crippen molar-refractivity contribution in [2.75, 3.05) is 41.7 Å². The molecule has 7 heteroatoms. The Morgan fingerprint density at radius 2 is 1.47 bits per heavy atom. The van der Waals surface area contributed by atoms with E-state index in [0.717, 1.165) is 62.0 Å². The number of hydrogen-bond donors (Lipinski definition) is 2. The Labute approximate surface area is 185 Å². The zero-order valence-electron chi connectivity index (χ0n) is 17.0. The van der Waals surface area contributed by atoms with Gasteiger partial charge < -0.3 is 20.4 Å². The molecule has 2 saturated heterocycles. The molecular formula is C23H27BrN4O2. The molecule has 2 aliphatic heterocycles. The molecule has 2 aromatic carbocycles. The maximum Gasteiger partial charge on any atom is 0.323 e. The fourth-order valence-corrected chi connectivity index (χ4v) is 4.55. The highest BCUT2D eigenvalue weighted by atomic mass is 79.9. The van der Waals surface area contributed by atoms with Gasteiger partial charge >= 0.3 is 6.03 Å². The number of urea groups is 1. The number of likely N-dealkylation sites (tertiary alicyclic amines) is 1. The molecule has 2 aromatic rings. The molecule has 0 aromatic heterocycles. The highest BCUT2D eigenvalue weighted by molar-refractivity contribution is 9.10. The smallest absolute Gasteiger partial charge is 0.323 e. The Bertz CT molecular complexity index is 921. The molecule has 3 amide bonds. The minimum Gasteiger partial charge on any atom is -0.371 e. The van der Waals surface area contributed by atoms with E-state index in [2.05, 4.69) is 31.5 Å². The lowest BCUT2D eigenvalue weighted by Crippen LogP contribution is -2.36. The molecule has 2 N–H and O–H groups in total. The first kappa shape index (κ1) is 20.7. The summed E-state index contributed by atoms with van der Waals surface area (Å²) in [6, 6.07) is 12.8. The van der Waals surface area contributed by atoms with Gasteiger partial charge in [-0.15, -0.1) is 0 Å². The highest BCUT2D eigenvalue weighted by Crippen LogP contribution is 2.29. The number of benzene rings is 2. The molecule has 6 nitrogen and oxygen atoms in total. The average Bonchev–Trinajstić information content (AvgIpc) is 3.28. The van der Waals surface area contributed by atoms with E-state index in [0.29, 0.717) is 16.9 Å². The first-order valence-corrected chi connectivity index (χ1v) is 11.4. The summed E-state index contributed by atoms with van der Waals surface area (Å²) in [5.74, 6) is 0.0626. The van der Waals surface area contributed by atoms with E-state index in [4.69, 9.17) is 0 Å². The molecule has 0 spiro atoms. The molecule has 2 fully saturated rings. The number of piperidine rings is 1. The zero-order valence-corrected chi connectivity index (χ0v) is 18.6. The van der Waals surface area contributed by atoms with Crippen molar-refractivity contribution in [2.24, 2.45) is 0 Å². The Morgan fingerprint density at radius 1 is 0.800 bits per heavy atom. The number of anilines is 3. The van der Waals surface area contributed by atoms with Crippen LogP contribution in [0.3, 0.4) is 0 Å². The van der Waals surface area contributed by atoms with E-state index in [9.17, 15) is 9.59 Å². The largest absolute Gasteiger partial charge is 0.371 e. The van der Waals surface area contributed by atoms with Crippen LogP contribution in [0.1, 0.15) is 42.5 Å². The first-order chi connectivity index (χ1) is 14.6. The second kappa shape index (κ2) is 9.51. The van der Waals surface area contributed by atoms with Gasteiger partial charge in [-0.2, -0.15) is 0 Å². The van der Waals surface area contributed by atoms with Gasteiger partial charge in [0.1, 0.15) is 0 Å². The second-order valence-corrected chi connectivity index (χ2v) is 8.78. The van der Waals surface area contributed by atoms with Crippen molar-refractivity contribution in [1.82, 2.24) is 4.90 Å². The Kier molecular flexibility index (Phi) is 6.57. The van der Waals surface area contributed by atoms with Crippen LogP contribution in [0.25, 0.3) is 0 Å². The number of halogens is 1. The van der Waals surface area contributed by atoms with Crippen molar-refractivity contribution in [2.45, 2.75) is 32.1 Å². The molecule has 2 heterocycles. The monoisotopic (exact) mass is 470 g/mol. The second-order valence-electron chi connectivity index (χ2n) is 7.87. The lowest BCUT2D eigenvalue weighted by atomic mass is 10.1. The highest BCUT2D eigenvalue weighted by Gasteiger charge is 2.25. The van der Waals surface area contributed by atoms with E-state index in [1.807, 2.05) is 47.4 Å². The van der Waals surface area contributed by atoms with Crippen LogP contribution < -0.4 is 15.5 Å². The van der Waals surface area contributed by atoms with Crippen molar-refractivity contribution >= 4 is 44.9 Å². The van der Waals surface area contributed by atoms with Crippen molar-refractivity contribution in [3.05, 3.63) is 52.5 Å². The van der Waals surface area contributed by atoms with E-state index in [-0.39, 0.29) is 11.9 Å². The molecular weight excluding hydrogens is 444 g/mol. The number of carbonyl (C=O) groups excluding carboxylic acids is 2. The summed E-state index contributed by atoms with van der Waals surface area (Å²) in [4.78, 5) is 30.0. The topological polar surface area (TPSA) is 64.7 Å². The van der Waals surface area contributed by atoms with Crippen LogP contribution in [-0.2, 0) is 0 Å². The maximum absolute atomic E-state index is 13.3. The number of rotatable bonds is 4. The molecule has 0 aliphatic carbocycles. The SMILES string of the molecule is O=C(Nc1cccc(Br)c1)Nc1ccc(N2CCCC2)c(C(=O)N2CCCCC2)c1. The minimum absolute atomic E-state index is 0.0626. The van der Waals surface area contributed by atoms with Gasteiger partial charge in [-0.3, -0.25) is 4.79 Å². The molecule has 2 aliphatic rings. The Hall–Kier alpha value is -2.54. The molecule has 4 rings (SSSR count). The lowest BCUT2D eigenvalue weighted by Gasteiger charge is -2.29. The number of carbonyl (C=O) groups is 2. The van der Waals surface area contributed by atoms with Gasteiger partial charge in [-0.25, -0.2) is 4.79 Å². The molecule has 30 heavy (non-hydrogen) atoms. The minimum atomic E-state index is -0.335. The van der Waals surface area contributed by atoms with Crippen molar-refractivity contribution in [3.8, 4) is 0 Å². The van der Waals surface area contributed by atoms with Gasteiger partial charge in [-0.05, 0) is 68.5 Å². The Balaban J connectivity index is 1.54. The summed E-state index contributed by atoms with van der Waals surface area (Å²) in [7, 11) is 0.